The van der Waals surface area contributed by atoms with Gasteiger partial charge >= 0.3 is 0 Å². The lowest BCUT2D eigenvalue weighted by atomic mass is 9.94. The first-order valence-electron chi connectivity index (χ1n) is 10.6. The molecule has 3 heterocycles. The van der Waals surface area contributed by atoms with Crippen molar-refractivity contribution in [1.29, 1.82) is 0 Å². The molecule has 2 aromatic rings. The van der Waals surface area contributed by atoms with E-state index >= 15 is 0 Å². The first-order chi connectivity index (χ1) is 13.9. The minimum Gasteiger partial charge on any atom is -0.388 e. The second-order valence-corrected chi connectivity index (χ2v) is 8.39. The second-order valence-electron chi connectivity index (χ2n) is 8.39. The number of aliphatic hydroxyl groups is 1. The first kappa shape index (κ1) is 21.5. The minimum atomic E-state index is -0.785. The Morgan fingerprint density at radius 3 is 2.72 bits per heavy atom. The van der Waals surface area contributed by atoms with Crippen LogP contribution in [0.1, 0.15) is 67.7 Å². The third kappa shape index (κ3) is 5.64. The Labute approximate surface area is 173 Å². The summed E-state index contributed by atoms with van der Waals surface area (Å²) in [7, 11) is 0. The highest BCUT2D eigenvalue weighted by atomic mass is 16.3. The van der Waals surface area contributed by atoms with Crippen LogP contribution >= 0.6 is 0 Å². The number of pyridine rings is 1. The molecule has 158 valence electrons. The van der Waals surface area contributed by atoms with Crippen LogP contribution in [0.15, 0.2) is 30.6 Å². The Balaban J connectivity index is 1.60. The van der Waals surface area contributed by atoms with Gasteiger partial charge in [0.1, 0.15) is 5.69 Å². The highest BCUT2D eigenvalue weighted by Gasteiger charge is 2.33. The molecule has 7 heteroatoms. The number of nitrogens with zero attached hydrogens (tertiary/aromatic N) is 4. The van der Waals surface area contributed by atoms with E-state index in [2.05, 4.69) is 40.9 Å². The molecule has 1 aliphatic heterocycles. The number of likely N-dealkylation sites (tertiary alicyclic amines) is 1. The summed E-state index contributed by atoms with van der Waals surface area (Å²) < 4.78 is 0. The summed E-state index contributed by atoms with van der Waals surface area (Å²) in [6, 6.07) is 5.86. The van der Waals surface area contributed by atoms with Crippen LogP contribution in [0, 0.1) is 0 Å². The molecule has 3 rings (SSSR count). The fourth-order valence-corrected chi connectivity index (χ4v) is 3.89. The zero-order valence-corrected chi connectivity index (χ0v) is 17.8. The predicted molar refractivity (Wildman–Crippen MR) is 113 cm³/mol. The molecule has 2 aromatic heterocycles. The monoisotopic (exact) mass is 399 g/mol. The van der Waals surface area contributed by atoms with Crippen LogP contribution in [-0.2, 0) is 6.54 Å². The van der Waals surface area contributed by atoms with Crippen molar-refractivity contribution >= 4 is 5.91 Å². The number of aromatic amines is 1. The topological polar surface area (TPSA) is 85.4 Å². The van der Waals surface area contributed by atoms with Gasteiger partial charge in [-0.05, 0) is 55.5 Å². The Bertz CT molecular complexity index is 792. The average molecular weight is 400 g/mol. The fourth-order valence-electron chi connectivity index (χ4n) is 3.89. The molecule has 0 spiro atoms. The Morgan fingerprint density at radius 1 is 1.31 bits per heavy atom. The maximum atomic E-state index is 12.9. The lowest BCUT2D eigenvalue weighted by Gasteiger charge is -2.33. The number of carbonyl (C=O) groups excluding carboxylic acids is 1. The molecule has 1 amide bonds. The number of nitrogens with one attached hydrogen (secondary N) is 1. The number of H-pyrrole nitrogens is 1. The summed E-state index contributed by atoms with van der Waals surface area (Å²) in [4.78, 5) is 21.0. The van der Waals surface area contributed by atoms with E-state index in [0.29, 0.717) is 44.1 Å². The van der Waals surface area contributed by atoms with Gasteiger partial charge in [-0.15, -0.1) is 0 Å². The van der Waals surface area contributed by atoms with Crippen molar-refractivity contribution in [2.24, 2.45) is 0 Å². The largest absolute Gasteiger partial charge is 0.388 e. The molecule has 0 unspecified atom stereocenters. The number of amides is 1. The van der Waals surface area contributed by atoms with Crippen LogP contribution in [-0.4, -0.2) is 67.8 Å². The molecule has 1 aliphatic rings. The Morgan fingerprint density at radius 2 is 2.07 bits per heavy atom. The van der Waals surface area contributed by atoms with E-state index in [-0.39, 0.29) is 5.91 Å². The number of aromatic nitrogens is 3. The highest BCUT2D eigenvalue weighted by molar-refractivity contribution is 5.92. The lowest BCUT2D eigenvalue weighted by Crippen LogP contribution is -2.43. The van der Waals surface area contributed by atoms with Gasteiger partial charge in [0.05, 0.1) is 5.60 Å². The van der Waals surface area contributed by atoms with Gasteiger partial charge in [0, 0.05) is 44.3 Å². The van der Waals surface area contributed by atoms with E-state index in [1.165, 1.54) is 5.56 Å². The maximum Gasteiger partial charge on any atom is 0.274 e. The quantitative estimate of drug-likeness (QED) is 0.748. The van der Waals surface area contributed by atoms with Gasteiger partial charge in [0.15, 0.2) is 0 Å². The molecule has 1 fully saturated rings. The van der Waals surface area contributed by atoms with E-state index in [1.54, 1.807) is 12.4 Å². The van der Waals surface area contributed by atoms with Gasteiger partial charge in [0.2, 0.25) is 0 Å². The Kier molecular flexibility index (Phi) is 7.03. The normalized spacial score (nSPS) is 20.3. The van der Waals surface area contributed by atoms with Crippen molar-refractivity contribution in [3.8, 4) is 0 Å². The maximum absolute atomic E-state index is 12.9. The molecule has 1 atom stereocenters. The zero-order chi connectivity index (χ0) is 20.9. The standard InChI is InChI=1S/C22H33N5O2/c1-4-26(15-18-6-10-23-11-7-18)16-22(29)8-5-12-27(13-9-22)21(28)20-14-19(17(2)3)24-25-20/h6-7,10-11,14,17,29H,4-5,8-9,12-13,15-16H2,1-3H3,(H,24,25)/t22-/m0/s1. The van der Waals surface area contributed by atoms with Crippen LogP contribution in [0.5, 0.6) is 0 Å². The smallest absolute Gasteiger partial charge is 0.274 e. The van der Waals surface area contributed by atoms with Crippen molar-refractivity contribution < 1.29 is 9.90 Å². The van der Waals surface area contributed by atoms with Gasteiger partial charge in [-0.2, -0.15) is 5.10 Å². The van der Waals surface area contributed by atoms with Crippen LogP contribution in [0.4, 0.5) is 0 Å². The predicted octanol–water partition coefficient (Wildman–Crippen LogP) is 2.81. The van der Waals surface area contributed by atoms with Crippen LogP contribution in [0.2, 0.25) is 0 Å². The number of hydrogen-bond acceptors (Lipinski definition) is 5. The average Bonchev–Trinajstić information content (AvgIpc) is 3.13. The number of carbonyl (C=O) groups is 1. The molecule has 0 aromatic carbocycles. The molecular formula is C22H33N5O2. The summed E-state index contributed by atoms with van der Waals surface area (Å²) in [5, 5.41) is 18.4. The third-order valence-corrected chi connectivity index (χ3v) is 5.76. The highest BCUT2D eigenvalue weighted by Crippen LogP contribution is 2.25. The van der Waals surface area contributed by atoms with Crippen LogP contribution in [0.25, 0.3) is 0 Å². The summed E-state index contributed by atoms with van der Waals surface area (Å²) in [5.74, 6) is 0.250. The molecule has 7 nitrogen and oxygen atoms in total. The molecule has 0 radical (unpaired) electrons. The SMILES string of the molecule is CCN(Cc1ccncc1)C[C@]1(O)CCCN(C(=O)c2cc(C(C)C)[nH]n2)CC1. The van der Waals surface area contributed by atoms with Gasteiger partial charge in [-0.25, -0.2) is 0 Å². The van der Waals surface area contributed by atoms with E-state index < -0.39 is 5.60 Å². The number of hydrogen-bond donors (Lipinski definition) is 2. The molecule has 29 heavy (non-hydrogen) atoms. The van der Waals surface area contributed by atoms with Gasteiger partial charge in [-0.1, -0.05) is 20.8 Å². The number of rotatable bonds is 7. The summed E-state index contributed by atoms with van der Waals surface area (Å²) in [5.41, 5.74) is 1.84. The van der Waals surface area contributed by atoms with E-state index in [0.717, 1.165) is 25.2 Å². The van der Waals surface area contributed by atoms with Crippen molar-refractivity contribution in [1.82, 2.24) is 25.0 Å². The molecule has 0 saturated carbocycles. The summed E-state index contributed by atoms with van der Waals surface area (Å²) in [6.45, 7) is 9.70. The van der Waals surface area contributed by atoms with Crippen LogP contribution < -0.4 is 0 Å². The minimum absolute atomic E-state index is 0.0541. The van der Waals surface area contributed by atoms with Crippen LogP contribution in [0.3, 0.4) is 0 Å². The van der Waals surface area contributed by atoms with Gasteiger partial charge < -0.3 is 10.0 Å². The molecular weight excluding hydrogens is 366 g/mol. The fraction of sp³-hybridized carbons (Fsp3) is 0.591. The molecule has 1 saturated heterocycles. The molecule has 0 bridgehead atoms. The van der Waals surface area contributed by atoms with E-state index in [1.807, 2.05) is 23.1 Å². The lowest BCUT2D eigenvalue weighted by molar-refractivity contribution is -0.00928. The third-order valence-electron chi connectivity index (χ3n) is 5.76. The molecule has 0 aliphatic carbocycles. The zero-order valence-electron chi connectivity index (χ0n) is 17.8. The molecule has 2 N–H and O–H groups in total. The van der Waals surface area contributed by atoms with Crippen molar-refractivity contribution in [3.63, 3.8) is 0 Å². The summed E-state index contributed by atoms with van der Waals surface area (Å²) >= 11 is 0. The van der Waals surface area contributed by atoms with Crippen molar-refractivity contribution in [2.45, 2.75) is 58.1 Å². The van der Waals surface area contributed by atoms with E-state index in [9.17, 15) is 9.90 Å². The van der Waals surface area contributed by atoms with E-state index in [4.69, 9.17) is 0 Å². The Hall–Kier alpha value is -2.25. The van der Waals surface area contributed by atoms with Crippen molar-refractivity contribution in [3.05, 3.63) is 47.5 Å². The van der Waals surface area contributed by atoms with Crippen molar-refractivity contribution in [2.75, 3.05) is 26.2 Å². The number of likely N-dealkylation sites (N-methyl/N-ethyl adjacent to an activating group) is 1. The second kappa shape index (κ2) is 9.50. The van der Waals surface area contributed by atoms with Gasteiger partial charge in [-0.3, -0.25) is 19.8 Å². The van der Waals surface area contributed by atoms with Gasteiger partial charge in [0.25, 0.3) is 5.91 Å². The first-order valence-corrected chi connectivity index (χ1v) is 10.6. The summed E-state index contributed by atoms with van der Waals surface area (Å²) in [6.07, 6.45) is 5.66.